The van der Waals surface area contributed by atoms with Gasteiger partial charge in [0, 0.05) is 19.6 Å². The third-order valence-corrected chi connectivity index (χ3v) is 4.17. The molecule has 1 fully saturated rings. The van der Waals surface area contributed by atoms with Crippen LogP contribution in [-0.2, 0) is 4.74 Å². The van der Waals surface area contributed by atoms with Gasteiger partial charge in [0.2, 0.25) is 0 Å². The van der Waals surface area contributed by atoms with Gasteiger partial charge in [-0.3, -0.25) is 9.69 Å². The molecule has 0 bridgehead atoms. The second-order valence-corrected chi connectivity index (χ2v) is 5.83. The molecule has 0 spiro atoms. The lowest BCUT2D eigenvalue weighted by Crippen LogP contribution is -2.43. The highest BCUT2D eigenvalue weighted by atomic mass is 19.1. The number of carbonyl (C=O) groups is 1. The second kappa shape index (κ2) is 8.04. The number of morpholine rings is 1. The predicted molar refractivity (Wildman–Crippen MR) is 90.3 cm³/mol. The van der Waals surface area contributed by atoms with Gasteiger partial charge in [0.1, 0.15) is 5.82 Å². The van der Waals surface area contributed by atoms with E-state index in [0.717, 1.165) is 18.7 Å². The van der Waals surface area contributed by atoms with Gasteiger partial charge in [-0.2, -0.15) is 0 Å². The fraction of sp³-hybridized carbons (Fsp3) is 0.316. The summed E-state index contributed by atoms with van der Waals surface area (Å²) in [6, 6.07) is 15.6. The molecule has 0 aliphatic carbocycles. The maximum atomic E-state index is 13.9. The summed E-state index contributed by atoms with van der Waals surface area (Å²) >= 11 is 0. The van der Waals surface area contributed by atoms with Gasteiger partial charge >= 0.3 is 0 Å². The zero-order chi connectivity index (χ0) is 16.8. The van der Waals surface area contributed by atoms with E-state index < -0.39 is 11.7 Å². The Morgan fingerprint density at radius 1 is 1.08 bits per heavy atom. The Labute approximate surface area is 141 Å². The number of rotatable bonds is 5. The van der Waals surface area contributed by atoms with Gasteiger partial charge < -0.3 is 10.1 Å². The van der Waals surface area contributed by atoms with E-state index in [4.69, 9.17) is 4.74 Å². The average Bonchev–Trinajstić information content (AvgIpc) is 2.63. The Hall–Kier alpha value is -2.24. The number of nitrogens with zero attached hydrogens (tertiary/aromatic N) is 1. The Balaban J connectivity index is 1.76. The molecule has 1 N–H and O–H groups in total. The Morgan fingerprint density at radius 2 is 1.75 bits per heavy atom. The third-order valence-electron chi connectivity index (χ3n) is 4.17. The molecule has 4 nitrogen and oxygen atoms in total. The lowest BCUT2D eigenvalue weighted by atomic mass is 10.1. The van der Waals surface area contributed by atoms with Gasteiger partial charge in [-0.05, 0) is 17.7 Å². The molecule has 24 heavy (non-hydrogen) atoms. The number of hydrogen-bond acceptors (Lipinski definition) is 3. The van der Waals surface area contributed by atoms with Crippen LogP contribution in [0.3, 0.4) is 0 Å². The topological polar surface area (TPSA) is 41.6 Å². The van der Waals surface area contributed by atoms with Crippen molar-refractivity contribution in [3.63, 3.8) is 0 Å². The van der Waals surface area contributed by atoms with Crippen molar-refractivity contribution in [2.75, 3.05) is 32.8 Å². The molecule has 1 aliphatic heterocycles. The zero-order valence-corrected chi connectivity index (χ0v) is 13.5. The van der Waals surface area contributed by atoms with Gasteiger partial charge in [0.25, 0.3) is 5.91 Å². The summed E-state index contributed by atoms with van der Waals surface area (Å²) in [5.74, 6) is -0.900. The monoisotopic (exact) mass is 328 g/mol. The minimum absolute atomic E-state index is 0.0698. The molecule has 126 valence electrons. The molecule has 2 aromatic carbocycles. The molecule has 5 heteroatoms. The summed E-state index contributed by atoms with van der Waals surface area (Å²) in [7, 11) is 0. The highest BCUT2D eigenvalue weighted by Crippen LogP contribution is 2.17. The first-order chi connectivity index (χ1) is 11.7. The first-order valence-corrected chi connectivity index (χ1v) is 8.14. The van der Waals surface area contributed by atoms with Gasteiger partial charge in [-0.1, -0.05) is 42.5 Å². The molecule has 1 heterocycles. The number of amides is 1. The minimum atomic E-state index is -0.506. The van der Waals surface area contributed by atoms with Crippen molar-refractivity contribution in [1.82, 2.24) is 10.2 Å². The maximum absolute atomic E-state index is 13.9. The first kappa shape index (κ1) is 16.6. The summed E-state index contributed by atoms with van der Waals surface area (Å²) < 4.78 is 19.2. The van der Waals surface area contributed by atoms with Crippen molar-refractivity contribution in [2.24, 2.45) is 0 Å². The van der Waals surface area contributed by atoms with Crippen LogP contribution in [0, 0.1) is 5.82 Å². The Kier molecular flexibility index (Phi) is 5.56. The number of carbonyl (C=O) groups excluding carboxylic acids is 1. The fourth-order valence-corrected chi connectivity index (χ4v) is 2.84. The van der Waals surface area contributed by atoms with E-state index >= 15 is 0 Å². The molecule has 1 aliphatic rings. The van der Waals surface area contributed by atoms with E-state index in [1.807, 2.05) is 30.3 Å². The van der Waals surface area contributed by atoms with Crippen molar-refractivity contribution in [3.8, 4) is 0 Å². The van der Waals surface area contributed by atoms with Crippen LogP contribution in [0.4, 0.5) is 4.39 Å². The minimum Gasteiger partial charge on any atom is -0.379 e. The predicted octanol–water partition coefficient (Wildman–Crippen LogP) is 2.63. The van der Waals surface area contributed by atoms with Crippen LogP contribution in [0.15, 0.2) is 54.6 Å². The molecule has 3 rings (SSSR count). The van der Waals surface area contributed by atoms with E-state index in [2.05, 4.69) is 10.2 Å². The van der Waals surface area contributed by atoms with Crippen LogP contribution in [-0.4, -0.2) is 43.7 Å². The number of benzene rings is 2. The van der Waals surface area contributed by atoms with E-state index in [1.54, 1.807) is 12.1 Å². The van der Waals surface area contributed by atoms with E-state index in [0.29, 0.717) is 19.8 Å². The van der Waals surface area contributed by atoms with Gasteiger partial charge in [0.15, 0.2) is 0 Å². The Morgan fingerprint density at radius 3 is 2.46 bits per heavy atom. The normalized spacial score (nSPS) is 16.5. The number of halogens is 1. The molecule has 2 aromatic rings. The smallest absolute Gasteiger partial charge is 0.254 e. The summed E-state index contributed by atoms with van der Waals surface area (Å²) in [5.41, 5.74) is 1.08. The van der Waals surface area contributed by atoms with Crippen molar-refractivity contribution in [3.05, 3.63) is 71.5 Å². The fourth-order valence-electron chi connectivity index (χ4n) is 2.84. The second-order valence-electron chi connectivity index (χ2n) is 5.83. The quantitative estimate of drug-likeness (QED) is 0.917. The molecule has 1 saturated heterocycles. The van der Waals surface area contributed by atoms with Crippen molar-refractivity contribution in [1.29, 1.82) is 0 Å². The Bertz CT molecular complexity index is 672. The van der Waals surface area contributed by atoms with Gasteiger partial charge in [-0.15, -0.1) is 0 Å². The van der Waals surface area contributed by atoms with Crippen LogP contribution in [0.25, 0.3) is 0 Å². The van der Waals surface area contributed by atoms with Gasteiger partial charge in [-0.25, -0.2) is 4.39 Å². The van der Waals surface area contributed by atoms with Crippen LogP contribution in [0.5, 0.6) is 0 Å². The SMILES string of the molecule is O=C(NC(CN1CCOCC1)c1ccccc1)c1ccccc1F. The number of hydrogen-bond donors (Lipinski definition) is 1. The van der Waals surface area contributed by atoms with E-state index in [9.17, 15) is 9.18 Å². The molecular weight excluding hydrogens is 307 g/mol. The lowest BCUT2D eigenvalue weighted by Gasteiger charge is -2.31. The van der Waals surface area contributed by atoms with Crippen LogP contribution < -0.4 is 5.32 Å². The van der Waals surface area contributed by atoms with Crippen LogP contribution in [0.2, 0.25) is 0 Å². The van der Waals surface area contributed by atoms with Crippen LogP contribution in [0.1, 0.15) is 22.0 Å². The standard InChI is InChI=1S/C19H21FN2O2/c20-17-9-5-4-8-16(17)19(23)21-18(15-6-2-1-3-7-15)14-22-10-12-24-13-11-22/h1-9,18H,10-14H2,(H,21,23). The third kappa shape index (κ3) is 4.19. The highest BCUT2D eigenvalue weighted by Gasteiger charge is 2.21. The van der Waals surface area contributed by atoms with Crippen molar-refractivity contribution in [2.45, 2.75) is 6.04 Å². The average molecular weight is 328 g/mol. The molecular formula is C19H21FN2O2. The van der Waals surface area contributed by atoms with E-state index in [-0.39, 0.29) is 11.6 Å². The lowest BCUT2D eigenvalue weighted by molar-refractivity contribution is 0.0332. The molecule has 1 unspecified atom stereocenters. The summed E-state index contributed by atoms with van der Waals surface area (Å²) in [4.78, 5) is 14.7. The molecule has 0 radical (unpaired) electrons. The molecule has 0 aromatic heterocycles. The molecule has 1 atom stereocenters. The molecule has 1 amide bonds. The zero-order valence-electron chi connectivity index (χ0n) is 13.5. The maximum Gasteiger partial charge on any atom is 0.254 e. The first-order valence-electron chi connectivity index (χ1n) is 8.14. The summed E-state index contributed by atoms with van der Waals surface area (Å²) in [5, 5.41) is 2.98. The summed E-state index contributed by atoms with van der Waals surface area (Å²) in [6.45, 7) is 3.73. The van der Waals surface area contributed by atoms with Crippen molar-refractivity contribution < 1.29 is 13.9 Å². The van der Waals surface area contributed by atoms with Crippen molar-refractivity contribution >= 4 is 5.91 Å². The van der Waals surface area contributed by atoms with Crippen LogP contribution >= 0.6 is 0 Å². The highest BCUT2D eigenvalue weighted by molar-refractivity contribution is 5.94. The van der Waals surface area contributed by atoms with E-state index in [1.165, 1.54) is 12.1 Å². The molecule has 0 saturated carbocycles. The van der Waals surface area contributed by atoms with Gasteiger partial charge in [0.05, 0.1) is 24.8 Å². The largest absolute Gasteiger partial charge is 0.379 e. The number of ether oxygens (including phenoxy) is 1. The number of nitrogens with one attached hydrogen (secondary N) is 1. The summed E-state index contributed by atoms with van der Waals surface area (Å²) in [6.07, 6.45) is 0.